The van der Waals surface area contributed by atoms with Crippen LogP contribution in [-0.4, -0.2) is 51.3 Å². The highest BCUT2D eigenvalue weighted by molar-refractivity contribution is 5.78. The van der Waals surface area contributed by atoms with Crippen molar-refractivity contribution in [1.29, 1.82) is 0 Å². The van der Waals surface area contributed by atoms with Gasteiger partial charge in [-0.1, -0.05) is 18.2 Å². The molecule has 0 radical (unpaired) electrons. The maximum absolute atomic E-state index is 12.5. The van der Waals surface area contributed by atoms with E-state index in [4.69, 9.17) is 14.2 Å². The molecule has 1 aliphatic rings. The van der Waals surface area contributed by atoms with Crippen molar-refractivity contribution in [2.24, 2.45) is 0 Å². The van der Waals surface area contributed by atoms with Gasteiger partial charge >= 0.3 is 0 Å². The van der Waals surface area contributed by atoms with Crippen LogP contribution in [0.4, 0.5) is 0 Å². The van der Waals surface area contributed by atoms with E-state index in [2.05, 4.69) is 22.3 Å². The highest BCUT2D eigenvalue weighted by atomic mass is 16.5. The van der Waals surface area contributed by atoms with Gasteiger partial charge in [-0.25, -0.2) is 0 Å². The van der Waals surface area contributed by atoms with Gasteiger partial charge in [0.15, 0.2) is 11.5 Å². The minimum atomic E-state index is 0.0610. The first-order valence-corrected chi connectivity index (χ1v) is 9.97. The Morgan fingerprint density at radius 3 is 2.28 bits per heavy atom. The Labute approximate surface area is 172 Å². The van der Waals surface area contributed by atoms with Crippen LogP contribution in [0.3, 0.4) is 0 Å². The lowest BCUT2D eigenvalue weighted by Gasteiger charge is -2.21. The molecule has 2 aromatic rings. The minimum absolute atomic E-state index is 0.0610. The molecule has 0 atom stereocenters. The molecular formula is C23H30N2O4. The van der Waals surface area contributed by atoms with E-state index in [9.17, 15) is 4.79 Å². The number of ether oxygens (including phenoxy) is 3. The highest BCUT2D eigenvalue weighted by Crippen LogP contribution is 2.29. The van der Waals surface area contributed by atoms with Gasteiger partial charge in [0.1, 0.15) is 5.75 Å². The van der Waals surface area contributed by atoms with E-state index in [1.807, 2.05) is 30.3 Å². The Kier molecular flexibility index (Phi) is 7.36. The Morgan fingerprint density at radius 2 is 1.66 bits per heavy atom. The first kappa shape index (κ1) is 21.0. The van der Waals surface area contributed by atoms with Gasteiger partial charge in [-0.3, -0.25) is 9.69 Å². The Morgan fingerprint density at radius 1 is 0.966 bits per heavy atom. The number of hydrogen-bond acceptors (Lipinski definition) is 5. The van der Waals surface area contributed by atoms with Gasteiger partial charge < -0.3 is 19.5 Å². The second-order valence-electron chi connectivity index (χ2n) is 7.27. The normalized spacial score (nSPS) is 13.2. The Bertz CT molecular complexity index is 803. The number of carbonyl (C=O) groups excluding carboxylic acids is 1. The molecule has 0 saturated heterocycles. The molecular weight excluding hydrogens is 368 g/mol. The fourth-order valence-corrected chi connectivity index (χ4v) is 3.34. The summed E-state index contributed by atoms with van der Waals surface area (Å²) in [4.78, 5) is 14.7. The van der Waals surface area contributed by atoms with Gasteiger partial charge in [0, 0.05) is 19.1 Å². The Hall–Kier alpha value is -2.73. The fourth-order valence-electron chi connectivity index (χ4n) is 3.34. The molecule has 0 unspecified atom stereocenters. The first-order valence-electron chi connectivity index (χ1n) is 9.97. The van der Waals surface area contributed by atoms with Gasteiger partial charge in [0.05, 0.1) is 27.9 Å². The average molecular weight is 399 g/mol. The zero-order valence-corrected chi connectivity index (χ0v) is 17.4. The monoisotopic (exact) mass is 398 g/mol. The maximum atomic E-state index is 12.5. The molecule has 0 bridgehead atoms. The van der Waals surface area contributed by atoms with Crippen LogP contribution in [0.5, 0.6) is 17.2 Å². The SMILES string of the molecule is COc1ccc(CN(CC(=O)NCCc2ccc(OC)c(OC)c2)C2CC2)cc1. The maximum Gasteiger partial charge on any atom is 0.234 e. The average Bonchev–Trinajstić information content (AvgIpc) is 3.59. The zero-order chi connectivity index (χ0) is 20.6. The molecule has 1 amide bonds. The summed E-state index contributed by atoms with van der Waals surface area (Å²) < 4.78 is 15.8. The van der Waals surface area contributed by atoms with E-state index < -0.39 is 0 Å². The zero-order valence-electron chi connectivity index (χ0n) is 17.4. The summed E-state index contributed by atoms with van der Waals surface area (Å²) in [5, 5.41) is 3.04. The van der Waals surface area contributed by atoms with Crippen LogP contribution < -0.4 is 19.5 Å². The smallest absolute Gasteiger partial charge is 0.234 e. The molecule has 1 fully saturated rings. The molecule has 1 aliphatic carbocycles. The lowest BCUT2D eigenvalue weighted by atomic mass is 10.1. The molecule has 156 valence electrons. The number of benzene rings is 2. The second-order valence-corrected chi connectivity index (χ2v) is 7.27. The van der Waals surface area contributed by atoms with E-state index in [0.29, 0.717) is 30.6 Å². The summed E-state index contributed by atoms with van der Waals surface area (Å²) in [6.45, 7) is 1.79. The van der Waals surface area contributed by atoms with E-state index in [1.165, 1.54) is 5.56 Å². The van der Waals surface area contributed by atoms with Crippen LogP contribution in [0.2, 0.25) is 0 Å². The molecule has 0 spiro atoms. The van der Waals surface area contributed by atoms with E-state index in [0.717, 1.165) is 37.1 Å². The van der Waals surface area contributed by atoms with Crippen molar-refractivity contribution < 1.29 is 19.0 Å². The van der Waals surface area contributed by atoms with Crippen molar-refractivity contribution >= 4 is 5.91 Å². The fraction of sp³-hybridized carbons (Fsp3) is 0.435. The van der Waals surface area contributed by atoms with Crippen LogP contribution in [0.25, 0.3) is 0 Å². The summed E-state index contributed by atoms with van der Waals surface area (Å²) in [6.07, 6.45) is 3.07. The van der Waals surface area contributed by atoms with Crippen molar-refractivity contribution in [2.45, 2.75) is 31.8 Å². The predicted molar refractivity (Wildman–Crippen MR) is 113 cm³/mol. The number of methoxy groups -OCH3 is 3. The van der Waals surface area contributed by atoms with Crippen molar-refractivity contribution in [3.05, 3.63) is 53.6 Å². The molecule has 1 saturated carbocycles. The summed E-state index contributed by atoms with van der Waals surface area (Å²) in [6, 6.07) is 14.4. The largest absolute Gasteiger partial charge is 0.497 e. The lowest BCUT2D eigenvalue weighted by Crippen LogP contribution is -2.38. The van der Waals surface area contributed by atoms with E-state index in [-0.39, 0.29) is 5.91 Å². The summed E-state index contributed by atoms with van der Waals surface area (Å²) >= 11 is 0. The number of amides is 1. The second kappa shape index (κ2) is 10.2. The van der Waals surface area contributed by atoms with Crippen LogP contribution in [-0.2, 0) is 17.8 Å². The number of nitrogens with zero attached hydrogens (tertiary/aromatic N) is 1. The lowest BCUT2D eigenvalue weighted by molar-refractivity contribution is -0.122. The first-order chi connectivity index (χ1) is 14.1. The van der Waals surface area contributed by atoms with Crippen LogP contribution in [0.15, 0.2) is 42.5 Å². The third-order valence-corrected chi connectivity index (χ3v) is 5.14. The van der Waals surface area contributed by atoms with Crippen molar-refractivity contribution in [2.75, 3.05) is 34.4 Å². The molecule has 6 heteroatoms. The molecule has 2 aromatic carbocycles. The van der Waals surface area contributed by atoms with E-state index >= 15 is 0 Å². The number of hydrogen-bond donors (Lipinski definition) is 1. The summed E-state index contributed by atoms with van der Waals surface area (Å²) in [5.74, 6) is 2.32. The van der Waals surface area contributed by atoms with E-state index in [1.54, 1.807) is 21.3 Å². The molecule has 29 heavy (non-hydrogen) atoms. The van der Waals surface area contributed by atoms with Crippen molar-refractivity contribution in [1.82, 2.24) is 10.2 Å². The highest BCUT2D eigenvalue weighted by Gasteiger charge is 2.30. The number of rotatable bonds is 11. The quantitative estimate of drug-likeness (QED) is 0.631. The van der Waals surface area contributed by atoms with Gasteiger partial charge in [0.25, 0.3) is 0 Å². The van der Waals surface area contributed by atoms with Gasteiger partial charge in [-0.15, -0.1) is 0 Å². The van der Waals surface area contributed by atoms with Gasteiger partial charge in [-0.2, -0.15) is 0 Å². The van der Waals surface area contributed by atoms with Crippen molar-refractivity contribution in [3.63, 3.8) is 0 Å². The minimum Gasteiger partial charge on any atom is -0.497 e. The molecule has 1 N–H and O–H groups in total. The predicted octanol–water partition coefficient (Wildman–Crippen LogP) is 3.04. The topological polar surface area (TPSA) is 60.0 Å². The summed E-state index contributed by atoms with van der Waals surface area (Å²) in [5.41, 5.74) is 2.29. The molecule has 0 aromatic heterocycles. The molecule has 6 nitrogen and oxygen atoms in total. The van der Waals surface area contributed by atoms with Crippen LogP contribution in [0.1, 0.15) is 24.0 Å². The van der Waals surface area contributed by atoms with Gasteiger partial charge in [0.2, 0.25) is 5.91 Å². The number of nitrogens with one attached hydrogen (secondary N) is 1. The van der Waals surface area contributed by atoms with Gasteiger partial charge in [-0.05, 0) is 54.7 Å². The Balaban J connectivity index is 1.48. The third-order valence-electron chi connectivity index (χ3n) is 5.14. The van der Waals surface area contributed by atoms with Crippen LogP contribution >= 0.6 is 0 Å². The van der Waals surface area contributed by atoms with Crippen LogP contribution in [0, 0.1) is 0 Å². The summed E-state index contributed by atoms with van der Waals surface area (Å²) in [7, 11) is 4.91. The molecule has 3 rings (SSSR count). The molecule has 0 aliphatic heterocycles. The third kappa shape index (κ3) is 6.12. The number of carbonyl (C=O) groups is 1. The molecule has 0 heterocycles. The standard InChI is InChI=1S/C23H30N2O4/c1-27-20-9-4-18(5-10-20)15-25(19-7-8-19)16-23(26)24-13-12-17-6-11-21(28-2)22(14-17)29-3/h4-6,9-11,14,19H,7-8,12-13,15-16H2,1-3H3,(H,24,26). The van der Waals surface area contributed by atoms with Crippen molar-refractivity contribution in [3.8, 4) is 17.2 Å².